The van der Waals surface area contributed by atoms with Gasteiger partial charge in [-0.3, -0.25) is 4.79 Å². The molecule has 4 nitrogen and oxygen atoms in total. The number of halogens is 4. The lowest BCUT2D eigenvalue weighted by atomic mass is 10.0. The van der Waals surface area contributed by atoms with E-state index in [1.165, 1.54) is 0 Å². The van der Waals surface area contributed by atoms with Crippen LogP contribution < -0.4 is 5.73 Å². The van der Waals surface area contributed by atoms with Crippen molar-refractivity contribution in [2.75, 3.05) is 7.11 Å². The van der Waals surface area contributed by atoms with Crippen LogP contribution in [0.2, 0.25) is 0 Å². The molecule has 1 heterocycles. The molecule has 159 valence electrons. The predicted octanol–water partition coefficient (Wildman–Crippen LogP) is 5.05. The second-order valence-electron chi connectivity index (χ2n) is 7.16. The Kier molecular flexibility index (Phi) is 5.18. The SMILES string of the molecule is COCc1c[c]c2c3c(C(N)=O)cccc3n(Cc3ccc(C(F)(F)F)cc3F)c2c1. The number of aromatic nitrogens is 1. The van der Waals surface area contributed by atoms with Crippen molar-refractivity contribution in [2.45, 2.75) is 19.3 Å². The van der Waals surface area contributed by atoms with Crippen molar-refractivity contribution in [3.63, 3.8) is 0 Å². The number of nitrogens with two attached hydrogens (primary N) is 1. The van der Waals surface area contributed by atoms with Gasteiger partial charge in [-0.05, 0) is 48.0 Å². The molecule has 8 heteroatoms. The molecule has 0 atom stereocenters. The second kappa shape index (κ2) is 7.70. The van der Waals surface area contributed by atoms with Crippen molar-refractivity contribution in [1.29, 1.82) is 0 Å². The molecule has 0 unspecified atom stereocenters. The molecule has 0 fully saturated rings. The first kappa shape index (κ1) is 20.9. The molecule has 0 saturated heterocycles. The molecule has 2 N–H and O–H groups in total. The van der Waals surface area contributed by atoms with Gasteiger partial charge < -0.3 is 15.0 Å². The van der Waals surface area contributed by atoms with Gasteiger partial charge in [-0.15, -0.1) is 0 Å². The molecule has 0 spiro atoms. The van der Waals surface area contributed by atoms with Gasteiger partial charge in [0.25, 0.3) is 0 Å². The van der Waals surface area contributed by atoms with Crippen molar-refractivity contribution in [1.82, 2.24) is 4.57 Å². The van der Waals surface area contributed by atoms with Crippen LogP contribution >= 0.6 is 0 Å². The third-order valence-corrected chi connectivity index (χ3v) is 5.14. The van der Waals surface area contributed by atoms with E-state index in [-0.39, 0.29) is 17.7 Å². The summed E-state index contributed by atoms with van der Waals surface area (Å²) in [5.74, 6) is -1.59. The number of rotatable bonds is 5. The van der Waals surface area contributed by atoms with Gasteiger partial charge in [0.1, 0.15) is 5.82 Å². The number of methoxy groups -OCH3 is 1. The molecule has 0 bridgehead atoms. The molecular formula is C23H17F4N2O2. The Labute approximate surface area is 174 Å². The molecule has 4 aromatic rings. The van der Waals surface area contributed by atoms with Crippen LogP contribution in [0.3, 0.4) is 0 Å². The number of nitrogens with zero attached hydrogens (tertiary/aromatic N) is 1. The van der Waals surface area contributed by atoms with E-state index in [4.69, 9.17) is 10.5 Å². The van der Waals surface area contributed by atoms with Crippen LogP contribution in [-0.2, 0) is 24.1 Å². The number of amides is 1. The first-order valence-electron chi connectivity index (χ1n) is 9.30. The van der Waals surface area contributed by atoms with E-state index in [1.54, 1.807) is 35.9 Å². The summed E-state index contributed by atoms with van der Waals surface area (Å²) in [7, 11) is 1.54. The maximum absolute atomic E-state index is 14.6. The number of carbonyl (C=O) groups excluding carboxylic acids is 1. The minimum atomic E-state index is -4.63. The summed E-state index contributed by atoms with van der Waals surface area (Å²) in [6.07, 6.45) is -4.63. The highest BCUT2D eigenvalue weighted by Crippen LogP contribution is 2.34. The normalized spacial score (nSPS) is 12.0. The lowest BCUT2D eigenvalue weighted by Gasteiger charge is -2.12. The van der Waals surface area contributed by atoms with E-state index in [9.17, 15) is 22.4 Å². The molecule has 31 heavy (non-hydrogen) atoms. The largest absolute Gasteiger partial charge is 0.416 e. The molecular weight excluding hydrogens is 412 g/mol. The minimum Gasteiger partial charge on any atom is -0.380 e. The summed E-state index contributed by atoms with van der Waals surface area (Å²) >= 11 is 0. The zero-order chi connectivity index (χ0) is 22.3. The predicted molar refractivity (Wildman–Crippen MR) is 108 cm³/mol. The Hall–Kier alpha value is -3.39. The van der Waals surface area contributed by atoms with E-state index in [0.717, 1.165) is 17.7 Å². The first-order valence-corrected chi connectivity index (χ1v) is 9.30. The summed E-state index contributed by atoms with van der Waals surface area (Å²) in [6.45, 7) is 0.266. The zero-order valence-corrected chi connectivity index (χ0v) is 16.4. The maximum Gasteiger partial charge on any atom is 0.416 e. The molecule has 0 aliphatic heterocycles. The molecule has 4 rings (SSSR count). The summed E-state index contributed by atoms with van der Waals surface area (Å²) in [6, 6.07) is 14.1. The van der Waals surface area contributed by atoms with E-state index in [1.807, 2.05) is 6.07 Å². The Morgan fingerprint density at radius 1 is 1.16 bits per heavy atom. The van der Waals surface area contributed by atoms with E-state index in [0.29, 0.717) is 34.5 Å². The number of ether oxygens (including phenoxy) is 1. The third-order valence-electron chi connectivity index (χ3n) is 5.14. The monoisotopic (exact) mass is 429 g/mol. The van der Waals surface area contributed by atoms with Crippen LogP contribution in [0, 0.1) is 11.9 Å². The van der Waals surface area contributed by atoms with Crippen LogP contribution in [-0.4, -0.2) is 17.6 Å². The summed E-state index contributed by atoms with van der Waals surface area (Å²) in [5, 5.41) is 1.16. The van der Waals surface area contributed by atoms with Gasteiger partial charge in [-0.1, -0.05) is 12.1 Å². The van der Waals surface area contributed by atoms with Crippen LogP contribution in [0.4, 0.5) is 17.6 Å². The number of benzene rings is 3. The fraction of sp³-hybridized carbons (Fsp3) is 0.174. The van der Waals surface area contributed by atoms with Crippen LogP contribution in [0.1, 0.15) is 27.0 Å². The van der Waals surface area contributed by atoms with Gasteiger partial charge in [-0.2, -0.15) is 13.2 Å². The van der Waals surface area contributed by atoms with E-state index in [2.05, 4.69) is 6.07 Å². The highest BCUT2D eigenvalue weighted by molar-refractivity contribution is 6.17. The topological polar surface area (TPSA) is 57.2 Å². The van der Waals surface area contributed by atoms with Gasteiger partial charge in [0, 0.05) is 29.0 Å². The number of hydrogen-bond donors (Lipinski definition) is 1. The van der Waals surface area contributed by atoms with Gasteiger partial charge in [-0.25, -0.2) is 4.39 Å². The average Bonchev–Trinajstić information content (AvgIpc) is 3.02. The first-order chi connectivity index (χ1) is 14.7. The zero-order valence-electron chi connectivity index (χ0n) is 16.4. The van der Waals surface area contributed by atoms with Gasteiger partial charge in [0.05, 0.1) is 29.7 Å². The van der Waals surface area contributed by atoms with Crippen molar-refractivity contribution >= 4 is 27.7 Å². The van der Waals surface area contributed by atoms with Crippen LogP contribution in [0.5, 0.6) is 0 Å². The number of carbonyl (C=O) groups is 1. The molecule has 0 aliphatic carbocycles. The molecule has 1 amide bonds. The number of alkyl halides is 3. The molecule has 0 saturated carbocycles. The standard InChI is InChI=1S/C23H17F4N2O2/c1-31-12-13-5-8-16-20(9-13)29(19-4-2-3-17(21(16)19)22(28)30)11-14-6-7-15(10-18(14)24)23(25,26)27/h2-7,9-10H,11-12H2,1H3,(H2,28,30). The van der Waals surface area contributed by atoms with Crippen molar-refractivity contribution in [2.24, 2.45) is 5.73 Å². The fourth-order valence-corrected chi connectivity index (χ4v) is 3.75. The third kappa shape index (κ3) is 3.74. The lowest BCUT2D eigenvalue weighted by Crippen LogP contribution is -2.11. The summed E-state index contributed by atoms with van der Waals surface area (Å²) < 4.78 is 60.2. The van der Waals surface area contributed by atoms with Gasteiger partial charge in [0.15, 0.2) is 0 Å². The highest BCUT2D eigenvalue weighted by atomic mass is 19.4. The quantitative estimate of drug-likeness (QED) is 0.452. The van der Waals surface area contributed by atoms with Gasteiger partial charge >= 0.3 is 6.18 Å². The fourth-order valence-electron chi connectivity index (χ4n) is 3.75. The van der Waals surface area contributed by atoms with Crippen molar-refractivity contribution in [3.8, 4) is 0 Å². The molecule has 1 radical (unpaired) electrons. The van der Waals surface area contributed by atoms with Crippen molar-refractivity contribution < 1.29 is 27.1 Å². The molecule has 3 aromatic carbocycles. The smallest absolute Gasteiger partial charge is 0.380 e. The Morgan fingerprint density at radius 3 is 2.58 bits per heavy atom. The van der Waals surface area contributed by atoms with Crippen LogP contribution in [0.15, 0.2) is 48.5 Å². The minimum absolute atomic E-state index is 0.0452. The Balaban J connectivity index is 1.94. The van der Waals surface area contributed by atoms with Gasteiger partial charge in [0.2, 0.25) is 5.91 Å². The summed E-state index contributed by atoms with van der Waals surface area (Å²) in [4.78, 5) is 12.0. The number of hydrogen-bond acceptors (Lipinski definition) is 2. The maximum atomic E-state index is 14.6. The Morgan fingerprint density at radius 2 is 1.94 bits per heavy atom. The molecule has 0 aliphatic rings. The van der Waals surface area contributed by atoms with Crippen LogP contribution in [0.25, 0.3) is 21.8 Å². The lowest BCUT2D eigenvalue weighted by molar-refractivity contribution is -0.137. The van der Waals surface area contributed by atoms with E-state index >= 15 is 0 Å². The van der Waals surface area contributed by atoms with Crippen molar-refractivity contribution in [3.05, 3.63) is 82.7 Å². The highest BCUT2D eigenvalue weighted by Gasteiger charge is 2.31. The molecule has 1 aromatic heterocycles. The summed E-state index contributed by atoms with van der Waals surface area (Å²) in [5.41, 5.74) is 6.88. The number of primary amides is 1. The number of fused-ring (bicyclic) bond motifs is 3. The second-order valence-corrected chi connectivity index (χ2v) is 7.16. The Bertz CT molecular complexity index is 1310. The van der Waals surface area contributed by atoms with E-state index < -0.39 is 23.5 Å². The average molecular weight is 429 g/mol.